The predicted octanol–water partition coefficient (Wildman–Crippen LogP) is 3.59. The van der Waals surface area contributed by atoms with Crippen molar-refractivity contribution in [1.29, 1.82) is 0 Å². The fraction of sp³-hybridized carbons (Fsp3) is 0.462. The number of nitrogens with one attached hydrogen (secondary N) is 1. The first kappa shape index (κ1) is 24.4. The third-order valence-corrected chi connectivity index (χ3v) is 5.89. The number of hydrogen-bond donors (Lipinski definition) is 1. The summed E-state index contributed by atoms with van der Waals surface area (Å²) in [5.41, 5.74) is 1.63. The summed E-state index contributed by atoms with van der Waals surface area (Å²) < 4.78 is 10.7. The van der Waals surface area contributed by atoms with Crippen LogP contribution in [-0.4, -0.2) is 62.7 Å². The van der Waals surface area contributed by atoms with Gasteiger partial charge in [-0.05, 0) is 67.8 Å². The van der Waals surface area contributed by atoms with E-state index < -0.39 is 6.04 Å². The molecule has 7 heteroatoms. The van der Waals surface area contributed by atoms with Crippen molar-refractivity contribution < 1.29 is 19.1 Å². The minimum absolute atomic E-state index is 0.0231. The zero-order chi connectivity index (χ0) is 23.8. The molecule has 1 aliphatic heterocycles. The van der Waals surface area contributed by atoms with Crippen LogP contribution in [0, 0.1) is 5.92 Å². The van der Waals surface area contributed by atoms with Crippen LogP contribution in [0.3, 0.4) is 0 Å². The second-order valence-electron chi connectivity index (χ2n) is 8.52. The largest absolute Gasteiger partial charge is 0.497 e. The number of amides is 2. The molecule has 0 aromatic heterocycles. The summed E-state index contributed by atoms with van der Waals surface area (Å²) in [7, 11) is 1.66. The van der Waals surface area contributed by atoms with Gasteiger partial charge in [0.25, 0.3) is 5.91 Å². The summed E-state index contributed by atoms with van der Waals surface area (Å²) in [6.07, 6.45) is 0.870. The Hall–Kier alpha value is -3.22. The maximum Gasteiger partial charge on any atom is 0.251 e. The number of anilines is 1. The molecule has 33 heavy (non-hydrogen) atoms. The summed E-state index contributed by atoms with van der Waals surface area (Å²) in [5.74, 6) is 1.25. The van der Waals surface area contributed by atoms with Crippen LogP contribution in [0.25, 0.3) is 0 Å². The van der Waals surface area contributed by atoms with Gasteiger partial charge in [-0.25, -0.2) is 0 Å². The number of nitrogens with zero attached hydrogens (tertiary/aromatic N) is 2. The molecule has 0 radical (unpaired) electrons. The lowest BCUT2D eigenvalue weighted by Gasteiger charge is -2.29. The molecule has 1 unspecified atom stereocenters. The van der Waals surface area contributed by atoms with E-state index in [2.05, 4.69) is 10.2 Å². The normalized spacial score (nSPS) is 15.1. The van der Waals surface area contributed by atoms with Crippen LogP contribution >= 0.6 is 0 Å². The topological polar surface area (TPSA) is 71.1 Å². The molecule has 2 aromatic rings. The van der Waals surface area contributed by atoms with Gasteiger partial charge in [0.2, 0.25) is 5.91 Å². The first-order chi connectivity index (χ1) is 15.9. The fourth-order valence-corrected chi connectivity index (χ4v) is 3.99. The van der Waals surface area contributed by atoms with Gasteiger partial charge in [-0.3, -0.25) is 9.59 Å². The van der Waals surface area contributed by atoms with E-state index in [-0.39, 0.29) is 17.7 Å². The zero-order valence-electron chi connectivity index (χ0n) is 20.0. The number of rotatable bonds is 8. The third kappa shape index (κ3) is 6.40. The van der Waals surface area contributed by atoms with Gasteiger partial charge in [-0.15, -0.1) is 0 Å². The summed E-state index contributed by atoms with van der Waals surface area (Å²) in [4.78, 5) is 30.4. The molecule has 0 spiro atoms. The third-order valence-electron chi connectivity index (χ3n) is 5.89. The number of carbonyl (C=O) groups excluding carboxylic acids is 2. The Labute approximate surface area is 196 Å². The molecule has 1 heterocycles. The Morgan fingerprint density at radius 2 is 1.61 bits per heavy atom. The van der Waals surface area contributed by atoms with Gasteiger partial charge in [0.15, 0.2) is 0 Å². The SMILES string of the molecule is CCOc1ccc(C(=O)NC(C(=O)N2CCCN(c3ccc(OC)cc3)CC2)C(C)C)cc1. The molecule has 0 aliphatic carbocycles. The molecule has 1 fully saturated rings. The maximum absolute atomic E-state index is 13.4. The van der Waals surface area contributed by atoms with Crippen LogP contribution in [-0.2, 0) is 4.79 Å². The highest BCUT2D eigenvalue weighted by atomic mass is 16.5. The van der Waals surface area contributed by atoms with Crippen molar-refractivity contribution in [1.82, 2.24) is 10.2 Å². The van der Waals surface area contributed by atoms with Crippen molar-refractivity contribution >= 4 is 17.5 Å². The molecule has 7 nitrogen and oxygen atoms in total. The second kappa shape index (κ2) is 11.6. The highest BCUT2D eigenvalue weighted by Crippen LogP contribution is 2.21. The van der Waals surface area contributed by atoms with E-state index in [1.54, 1.807) is 31.4 Å². The minimum Gasteiger partial charge on any atom is -0.497 e. The van der Waals surface area contributed by atoms with E-state index in [0.717, 1.165) is 36.7 Å². The van der Waals surface area contributed by atoms with Crippen LogP contribution in [0.1, 0.15) is 37.6 Å². The van der Waals surface area contributed by atoms with Gasteiger partial charge in [-0.2, -0.15) is 0 Å². The average molecular weight is 454 g/mol. The molecule has 0 bridgehead atoms. The minimum atomic E-state index is -0.573. The quantitative estimate of drug-likeness (QED) is 0.662. The number of ether oxygens (including phenoxy) is 2. The van der Waals surface area contributed by atoms with Gasteiger partial charge >= 0.3 is 0 Å². The van der Waals surface area contributed by atoms with Crippen molar-refractivity contribution in [2.75, 3.05) is 44.8 Å². The Balaban J connectivity index is 1.63. The Morgan fingerprint density at radius 3 is 2.21 bits per heavy atom. The molecule has 2 aromatic carbocycles. The van der Waals surface area contributed by atoms with Gasteiger partial charge in [0.05, 0.1) is 13.7 Å². The van der Waals surface area contributed by atoms with Crippen LogP contribution in [0.15, 0.2) is 48.5 Å². The highest BCUT2D eigenvalue weighted by Gasteiger charge is 2.30. The molecular formula is C26H35N3O4. The molecule has 3 rings (SSSR count). The highest BCUT2D eigenvalue weighted by molar-refractivity contribution is 5.97. The van der Waals surface area contributed by atoms with Gasteiger partial charge in [0, 0.05) is 37.4 Å². The van der Waals surface area contributed by atoms with Crippen molar-refractivity contribution in [3.05, 3.63) is 54.1 Å². The summed E-state index contributed by atoms with van der Waals surface area (Å²) >= 11 is 0. The second-order valence-corrected chi connectivity index (χ2v) is 8.52. The van der Waals surface area contributed by atoms with Gasteiger partial charge in [0.1, 0.15) is 17.5 Å². The van der Waals surface area contributed by atoms with Crippen LogP contribution in [0.5, 0.6) is 11.5 Å². The van der Waals surface area contributed by atoms with Crippen LogP contribution < -0.4 is 19.7 Å². The molecule has 1 atom stereocenters. The smallest absolute Gasteiger partial charge is 0.251 e. The molecular weight excluding hydrogens is 418 g/mol. The Kier molecular flexibility index (Phi) is 8.58. The lowest BCUT2D eigenvalue weighted by molar-refractivity contribution is -0.134. The average Bonchev–Trinajstić information content (AvgIpc) is 3.09. The summed E-state index contributed by atoms with van der Waals surface area (Å²) in [6, 6.07) is 14.4. The monoisotopic (exact) mass is 453 g/mol. The molecule has 0 saturated carbocycles. The molecule has 2 amide bonds. The Bertz CT molecular complexity index is 912. The first-order valence-electron chi connectivity index (χ1n) is 11.6. The zero-order valence-corrected chi connectivity index (χ0v) is 20.0. The molecule has 1 saturated heterocycles. The molecule has 1 aliphatic rings. The van der Waals surface area contributed by atoms with Crippen LogP contribution in [0.4, 0.5) is 5.69 Å². The van der Waals surface area contributed by atoms with Crippen LogP contribution in [0.2, 0.25) is 0 Å². The van der Waals surface area contributed by atoms with Crippen molar-refractivity contribution in [2.24, 2.45) is 5.92 Å². The van der Waals surface area contributed by atoms with E-state index in [1.807, 2.05) is 49.9 Å². The van der Waals surface area contributed by atoms with E-state index in [4.69, 9.17) is 9.47 Å². The lowest BCUT2D eigenvalue weighted by Crippen LogP contribution is -2.52. The van der Waals surface area contributed by atoms with E-state index in [9.17, 15) is 9.59 Å². The number of carbonyl (C=O) groups is 2. The number of hydrogen-bond acceptors (Lipinski definition) is 5. The summed E-state index contributed by atoms with van der Waals surface area (Å²) in [5, 5.41) is 2.96. The predicted molar refractivity (Wildman–Crippen MR) is 130 cm³/mol. The van der Waals surface area contributed by atoms with Crippen molar-refractivity contribution in [3.8, 4) is 11.5 Å². The van der Waals surface area contributed by atoms with E-state index >= 15 is 0 Å². The van der Waals surface area contributed by atoms with E-state index in [0.29, 0.717) is 25.3 Å². The lowest BCUT2D eigenvalue weighted by atomic mass is 10.0. The van der Waals surface area contributed by atoms with E-state index in [1.165, 1.54) is 0 Å². The number of methoxy groups -OCH3 is 1. The molecule has 1 N–H and O–H groups in total. The van der Waals surface area contributed by atoms with Crippen molar-refractivity contribution in [3.63, 3.8) is 0 Å². The van der Waals surface area contributed by atoms with Gasteiger partial charge in [-0.1, -0.05) is 13.8 Å². The standard InChI is InChI=1S/C26H35N3O4/c1-5-33-23-11-7-20(8-12-23)25(30)27-24(19(2)3)26(31)29-16-6-15-28(17-18-29)21-9-13-22(32-4)14-10-21/h7-14,19,24H,5-6,15-18H2,1-4H3,(H,27,30). The maximum atomic E-state index is 13.4. The first-order valence-corrected chi connectivity index (χ1v) is 11.6. The Morgan fingerprint density at radius 1 is 0.939 bits per heavy atom. The molecule has 178 valence electrons. The van der Waals surface area contributed by atoms with Gasteiger partial charge < -0.3 is 24.6 Å². The fourth-order valence-electron chi connectivity index (χ4n) is 3.99. The van der Waals surface area contributed by atoms with Crippen molar-refractivity contribution in [2.45, 2.75) is 33.2 Å². The summed E-state index contributed by atoms with van der Waals surface area (Å²) in [6.45, 7) is 9.32. The number of benzene rings is 2.